The van der Waals surface area contributed by atoms with Crippen molar-refractivity contribution in [2.24, 2.45) is 0 Å². The molecular formula is C14H18FNO3. The summed E-state index contributed by atoms with van der Waals surface area (Å²) in [6.45, 7) is 4.18. The van der Waals surface area contributed by atoms with E-state index in [1.807, 2.05) is 6.92 Å². The van der Waals surface area contributed by atoms with Crippen molar-refractivity contribution in [2.75, 3.05) is 13.2 Å². The highest BCUT2D eigenvalue weighted by molar-refractivity contribution is 5.94. The van der Waals surface area contributed by atoms with Crippen LogP contribution in [0.3, 0.4) is 0 Å². The van der Waals surface area contributed by atoms with Crippen LogP contribution < -0.4 is 5.32 Å². The highest BCUT2D eigenvalue weighted by atomic mass is 19.1. The van der Waals surface area contributed by atoms with Gasteiger partial charge in [-0.1, -0.05) is 18.6 Å². The summed E-state index contributed by atoms with van der Waals surface area (Å²) < 4.78 is 18.3. The van der Waals surface area contributed by atoms with E-state index in [0.29, 0.717) is 6.61 Å². The maximum Gasteiger partial charge on any atom is 0.307 e. The van der Waals surface area contributed by atoms with Crippen molar-refractivity contribution < 1.29 is 18.7 Å². The molecule has 104 valence electrons. The first-order valence-electron chi connectivity index (χ1n) is 6.24. The Morgan fingerprint density at radius 2 is 2.11 bits per heavy atom. The van der Waals surface area contributed by atoms with E-state index < -0.39 is 11.7 Å². The number of rotatable bonds is 6. The van der Waals surface area contributed by atoms with Gasteiger partial charge in [0.2, 0.25) is 0 Å². The van der Waals surface area contributed by atoms with E-state index in [0.717, 1.165) is 12.0 Å². The minimum atomic E-state index is -0.573. The molecule has 0 atom stereocenters. The van der Waals surface area contributed by atoms with Crippen LogP contribution in [0.2, 0.25) is 0 Å². The molecule has 4 nitrogen and oxygen atoms in total. The molecule has 0 fully saturated rings. The molecule has 0 unspecified atom stereocenters. The second-order valence-corrected chi connectivity index (χ2v) is 4.21. The third kappa shape index (κ3) is 5.07. The molecule has 1 aromatic carbocycles. The molecule has 0 aliphatic heterocycles. The zero-order chi connectivity index (χ0) is 14.3. The van der Waals surface area contributed by atoms with Gasteiger partial charge in [0.15, 0.2) is 0 Å². The first-order valence-corrected chi connectivity index (χ1v) is 6.24. The van der Waals surface area contributed by atoms with Crippen LogP contribution in [0, 0.1) is 12.7 Å². The van der Waals surface area contributed by atoms with Crippen LogP contribution in [-0.2, 0) is 9.53 Å². The Morgan fingerprint density at radius 3 is 2.79 bits per heavy atom. The van der Waals surface area contributed by atoms with E-state index in [1.165, 1.54) is 12.1 Å². The minimum Gasteiger partial charge on any atom is -0.466 e. The minimum absolute atomic E-state index is 0.0121. The van der Waals surface area contributed by atoms with E-state index in [-0.39, 0.29) is 24.5 Å². The van der Waals surface area contributed by atoms with Gasteiger partial charge in [0, 0.05) is 6.54 Å². The van der Waals surface area contributed by atoms with Gasteiger partial charge in [-0.2, -0.15) is 0 Å². The number of ether oxygens (including phenoxy) is 1. The number of esters is 1. The SMILES string of the molecule is CCCOC(=O)CCNC(=O)c1cc(C)ccc1F. The van der Waals surface area contributed by atoms with E-state index in [1.54, 1.807) is 13.0 Å². The van der Waals surface area contributed by atoms with Gasteiger partial charge in [0.25, 0.3) is 5.91 Å². The van der Waals surface area contributed by atoms with Gasteiger partial charge in [-0.15, -0.1) is 0 Å². The van der Waals surface area contributed by atoms with E-state index in [4.69, 9.17) is 4.74 Å². The van der Waals surface area contributed by atoms with Gasteiger partial charge in [-0.05, 0) is 25.5 Å². The second kappa shape index (κ2) is 7.51. The van der Waals surface area contributed by atoms with Crippen molar-refractivity contribution in [1.29, 1.82) is 0 Å². The number of carbonyl (C=O) groups is 2. The predicted octanol–water partition coefficient (Wildman–Crippen LogP) is 2.21. The zero-order valence-electron chi connectivity index (χ0n) is 11.2. The van der Waals surface area contributed by atoms with Crippen LogP contribution in [0.4, 0.5) is 4.39 Å². The lowest BCUT2D eigenvalue weighted by Gasteiger charge is -2.07. The normalized spacial score (nSPS) is 10.1. The number of benzene rings is 1. The number of halogens is 1. The van der Waals surface area contributed by atoms with Gasteiger partial charge < -0.3 is 10.1 Å². The number of carbonyl (C=O) groups excluding carboxylic acids is 2. The topological polar surface area (TPSA) is 55.4 Å². The molecule has 0 aliphatic rings. The number of nitrogens with one attached hydrogen (secondary N) is 1. The Bertz CT molecular complexity index is 460. The van der Waals surface area contributed by atoms with Gasteiger partial charge in [0.1, 0.15) is 5.82 Å². The summed E-state index contributed by atoms with van der Waals surface area (Å²) in [5.74, 6) is -1.46. The molecule has 5 heteroatoms. The molecule has 1 aromatic rings. The van der Waals surface area contributed by atoms with Crippen LogP contribution in [0.25, 0.3) is 0 Å². The Morgan fingerprint density at radius 1 is 1.37 bits per heavy atom. The number of hydrogen-bond acceptors (Lipinski definition) is 3. The molecule has 0 radical (unpaired) electrons. The fraction of sp³-hybridized carbons (Fsp3) is 0.429. The number of aryl methyl sites for hydroxylation is 1. The lowest BCUT2D eigenvalue weighted by molar-refractivity contribution is -0.143. The molecule has 1 amide bonds. The smallest absolute Gasteiger partial charge is 0.307 e. The second-order valence-electron chi connectivity index (χ2n) is 4.21. The number of amides is 1. The molecule has 0 aromatic heterocycles. The van der Waals surface area contributed by atoms with Crippen molar-refractivity contribution in [3.8, 4) is 0 Å². The summed E-state index contributed by atoms with van der Waals surface area (Å²) in [5, 5.41) is 2.49. The van der Waals surface area contributed by atoms with Crippen molar-refractivity contribution in [2.45, 2.75) is 26.7 Å². The molecule has 0 heterocycles. The average molecular weight is 267 g/mol. The summed E-state index contributed by atoms with van der Waals surface area (Å²) in [7, 11) is 0. The molecule has 1 rings (SSSR count). The molecule has 0 saturated carbocycles. The maximum atomic E-state index is 13.4. The summed E-state index contributed by atoms with van der Waals surface area (Å²) in [5.41, 5.74) is 0.788. The van der Waals surface area contributed by atoms with E-state index in [2.05, 4.69) is 5.32 Å². The first-order chi connectivity index (χ1) is 9.04. The Balaban J connectivity index is 2.43. The summed E-state index contributed by atoms with van der Waals surface area (Å²) in [6.07, 6.45) is 0.839. The lowest BCUT2D eigenvalue weighted by Crippen LogP contribution is -2.27. The van der Waals surface area contributed by atoms with Crippen LogP contribution in [0.1, 0.15) is 35.7 Å². The Kier molecular flexibility index (Phi) is 5.99. The maximum absolute atomic E-state index is 13.4. The third-order valence-corrected chi connectivity index (χ3v) is 2.45. The zero-order valence-corrected chi connectivity index (χ0v) is 11.2. The molecule has 19 heavy (non-hydrogen) atoms. The molecule has 0 bridgehead atoms. The number of hydrogen-bond donors (Lipinski definition) is 1. The molecular weight excluding hydrogens is 249 g/mol. The summed E-state index contributed by atoms with van der Waals surface area (Å²) in [6, 6.07) is 4.31. The van der Waals surface area contributed by atoms with Crippen LogP contribution in [-0.4, -0.2) is 25.0 Å². The first kappa shape index (κ1) is 15.1. The van der Waals surface area contributed by atoms with Gasteiger partial charge >= 0.3 is 5.97 Å². The fourth-order valence-electron chi connectivity index (χ4n) is 1.47. The Hall–Kier alpha value is -1.91. The van der Waals surface area contributed by atoms with Gasteiger partial charge in [-0.3, -0.25) is 9.59 Å². The molecule has 1 N–H and O–H groups in total. The van der Waals surface area contributed by atoms with Crippen molar-refractivity contribution >= 4 is 11.9 Å². The van der Waals surface area contributed by atoms with Crippen molar-refractivity contribution in [3.63, 3.8) is 0 Å². The van der Waals surface area contributed by atoms with Crippen molar-refractivity contribution in [3.05, 3.63) is 35.1 Å². The quantitative estimate of drug-likeness (QED) is 0.804. The highest BCUT2D eigenvalue weighted by Gasteiger charge is 2.12. The standard InChI is InChI=1S/C14H18FNO3/c1-3-8-19-13(17)6-7-16-14(18)11-9-10(2)4-5-12(11)15/h4-5,9H,3,6-8H2,1-2H3,(H,16,18). The van der Waals surface area contributed by atoms with Crippen LogP contribution >= 0.6 is 0 Å². The molecule has 0 saturated heterocycles. The lowest BCUT2D eigenvalue weighted by atomic mass is 10.1. The van der Waals surface area contributed by atoms with Crippen LogP contribution in [0.15, 0.2) is 18.2 Å². The predicted molar refractivity (Wildman–Crippen MR) is 69.3 cm³/mol. The summed E-state index contributed by atoms with van der Waals surface area (Å²) in [4.78, 5) is 22.9. The highest BCUT2D eigenvalue weighted by Crippen LogP contribution is 2.09. The average Bonchev–Trinajstić information content (AvgIpc) is 2.39. The largest absolute Gasteiger partial charge is 0.466 e. The molecule has 0 aliphatic carbocycles. The van der Waals surface area contributed by atoms with Crippen molar-refractivity contribution in [1.82, 2.24) is 5.32 Å². The Labute approximate surface area is 112 Å². The van der Waals surface area contributed by atoms with Gasteiger partial charge in [-0.25, -0.2) is 4.39 Å². The monoisotopic (exact) mass is 267 g/mol. The van der Waals surface area contributed by atoms with Gasteiger partial charge in [0.05, 0.1) is 18.6 Å². The van der Waals surface area contributed by atoms with E-state index >= 15 is 0 Å². The fourth-order valence-corrected chi connectivity index (χ4v) is 1.47. The summed E-state index contributed by atoms with van der Waals surface area (Å²) >= 11 is 0. The third-order valence-electron chi connectivity index (χ3n) is 2.45. The van der Waals surface area contributed by atoms with Crippen LogP contribution in [0.5, 0.6) is 0 Å². The van der Waals surface area contributed by atoms with E-state index in [9.17, 15) is 14.0 Å². The molecule has 0 spiro atoms.